The summed E-state index contributed by atoms with van der Waals surface area (Å²) in [5.41, 5.74) is -0.0802. The Bertz CT molecular complexity index is 1130. The van der Waals surface area contributed by atoms with Crippen LogP contribution in [-0.4, -0.2) is 38.9 Å². The first-order valence-corrected chi connectivity index (χ1v) is 10.7. The average Bonchev–Trinajstić information content (AvgIpc) is 3.08. The Morgan fingerprint density at radius 3 is 2.18 bits per heavy atom. The van der Waals surface area contributed by atoms with Crippen LogP contribution in [0.25, 0.3) is 11.1 Å². The molecule has 0 aliphatic carbocycles. The molecule has 2 heterocycles. The van der Waals surface area contributed by atoms with Crippen molar-refractivity contribution < 1.29 is 18.0 Å². The van der Waals surface area contributed by atoms with Crippen molar-refractivity contribution in [2.45, 2.75) is 40.4 Å². The lowest BCUT2D eigenvalue weighted by molar-refractivity contribution is -0.143. The van der Waals surface area contributed by atoms with Gasteiger partial charge >= 0.3 is 6.18 Å². The number of hydrogen-bond donors (Lipinski definition) is 0. The molecule has 0 unspecified atom stereocenters. The summed E-state index contributed by atoms with van der Waals surface area (Å²) in [5, 5.41) is 0.448. The molecule has 3 aromatic rings. The minimum absolute atomic E-state index is 0.0445. The second-order valence-corrected chi connectivity index (χ2v) is 9.68. The molecule has 0 saturated carbocycles. The number of nitrogens with zero attached hydrogens (tertiary/aromatic N) is 4. The Morgan fingerprint density at radius 1 is 1.09 bits per heavy atom. The lowest BCUT2D eigenvalue weighted by Crippen LogP contribution is -2.36. The third-order valence-electron chi connectivity index (χ3n) is 4.98. The fraction of sp³-hybridized carbons (Fsp3) is 0.375. The molecule has 0 spiro atoms. The minimum Gasteiger partial charge on any atom is -0.340 e. The zero-order valence-electron chi connectivity index (χ0n) is 19.2. The van der Waals surface area contributed by atoms with Gasteiger partial charge in [-0.2, -0.15) is 13.2 Å². The van der Waals surface area contributed by atoms with Crippen LogP contribution >= 0.6 is 11.6 Å². The van der Waals surface area contributed by atoms with Gasteiger partial charge in [0.15, 0.2) is 0 Å². The smallest absolute Gasteiger partial charge is 0.340 e. The number of aromatic nitrogens is 3. The van der Waals surface area contributed by atoms with Crippen molar-refractivity contribution in [1.29, 1.82) is 0 Å². The Kier molecular flexibility index (Phi) is 6.88. The van der Waals surface area contributed by atoms with E-state index < -0.39 is 17.8 Å². The van der Waals surface area contributed by atoms with Gasteiger partial charge in [0.1, 0.15) is 17.2 Å². The number of carbonyl (C=O) groups is 1. The molecule has 33 heavy (non-hydrogen) atoms. The third kappa shape index (κ3) is 5.93. The maximum absolute atomic E-state index is 14.1. The molecule has 3 rings (SSSR count). The first-order chi connectivity index (χ1) is 15.3. The van der Waals surface area contributed by atoms with E-state index in [0.717, 1.165) is 10.6 Å². The normalized spacial score (nSPS) is 12.2. The first kappa shape index (κ1) is 24.8. The quantitative estimate of drug-likeness (QED) is 0.445. The Balaban J connectivity index is 2.24. The summed E-state index contributed by atoms with van der Waals surface area (Å²) in [6.07, 6.45) is -1.73. The van der Waals surface area contributed by atoms with Gasteiger partial charge in [-0.1, -0.05) is 44.5 Å². The predicted molar refractivity (Wildman–Crippen MR) is 122 cm³/mol. The van der Waals surface area contributed by atoms with E-state index in [-0.39, 0.29) is 23.2 Å². The largest absolute Gasteiger partial charge is 0.431 e. The predicted octanol–water partition coefficient (Wildman–Crippen LogP) is 6.09. The number of amides is 1. The molecular formula is C24H26ClF3N4O. The molecule has 0 aliphatic rings. The van der Waals surface area contributed by atoms with Gasteiger partial charge in [-0.3, -0.25) is 4.79 Å². The number of benzene rings is 1. The SMILES string of the molecule is Cc1ncc(Cn2c(C(F)(F)F)cc(-c3ccc(Cl)cc3)c2C(=O)N(C)CC(C)(C)C)cn1. The molecule has 1 aromatic carbocycles. The van der Waals surface area contributed by atoms with Gasteiger partial charge in [0, 0.05) is 42.1 Å². The highest BCUT2D eigenvalue weighted by molar-refractivity contribution is 6.30. The highest BCUT2D eigenvalue weighted by Gasteiger charge is 2.39. The van der Waals surface area contributed by atoms with Crippen LogP contribution in [0.3, 0.4) is 0 Å². The van der Waals surface area contributed by atoms with Crippen LogP contribution in [0.1, 0.15) is 48.3 Å². The van der Waals surface area contributed by atoms with Gasteiger partial charge < -0.3 is 9.47 Å². The molecule has 5 nitrogen and oxygen atoms in total. The summed E-state index contributed by atoms with van der Waals surface area (Å²) < 4.78 is 43.4. The van der Waals surface area contributed by atoms with E-state index in [1.807, 2.05) is 20.8 Å². The maximum Gasteiger partial charge on any atom is 0.431 e. The van der Waals surface area contributed by atoms with E-state index >= 15 is 0 Å². The summed E-state index contributed by atoms with van der Waals surface area (Å²) >= 11 is 5.98. The van der Waals surface area contributed by atoms with Gasteiger partial charge in [0.05, 0.1) is 6.54 Å². The van der Waals surface area contributed by atoms with Crippen molar-refractivity contribution in [3.8, 4) is 11.1 Å². The van der Waals surface area contributed by atoms with Crippen molar-refractivity contribution in [2.75, 3.05) is 13.6 Å². The number of hydrogen-bond acceptors (Lipinski definition) is 3. The van der Waals surface area contributed by atoms with E-state index in [0.29, 0.717) is 28.5 Å². The maximum atomic E-state index is 14.1. The number of rotatable bonds is 5. The minimum atomic E-state index is -4.67. The molecular weight excluding hydrogens is 453 g/mol. The monoisotopic (exact) mass is 478 g/mol. The van der Waals surface area contributed by atoms with Crippen molar-refractivity contribution in [1.82, 2.24) is 19.4 Å². The third-order valence-corrected chi connectivity index (χ3v) is 5.23. The molecule has 0 bridgehead atoms. The van der Waals surface area contributed by atoms with Crippen LogP contribution in [0, 0.1) is 12.3 Å². The molecule has 176 valence electrons. The molecule has 0 radical (unpaired) electrons. The molecule has 0 N–H and O–H groups in total. The van der Waals surface area contributed by atoms with Crippen molar-refractivity contribution >= 4 is 17.5 Å². The number of alkyl halides is 3. The van der Waals surface area contributed by atoms with E-state index in [4.69, 9.17) is 11.6 Å². The fourth-order valence-corrected chi connectivity index (χ4v) is 3.80. The van der Waals surface area contributed by atoms with E-state index in [1.165, 1.54) is 17.3 Å². The highest BCUT2D eigenvalue weighted by atomic mass is 35.5. The van der Waals surface area contributed by atoms with Gasteiger partial charge in [-0.25, -0.2) is 9.97 Å². The number of carbonyl (C=O) groups excluding carboxylic acids is 1. The van der Waals surface area contributed by atoms with Crippen LogP contribution < -0.4 is 0 Å². The standard InChI is InChI=1S/C24H26ClF3N4O/c1-15-29-11-16(12-30-15)13-32-20(24(26,27)28)10-19(17-6-8-18(25)9-7-17)21(32)22(33)31(5)14-23(2,3)4/h6-12H,13-14H2,1-5H3. The lowest BCUT2D eigenvalue weighted by Gasteiger charge is -2.27. The topological polar surface area (TPSA) is 51.0 Å². The molecule has 0 saturated heterocycles. The summed E-state index contributed by atoms with van der Waals surface area (Å²) in [6.45, 7) is 7.73. The van der Waals surface area contributed by atoms with Crippen molar-refractivity contribution in [3.63, 3.8) is 0 Å². The Labute approximate surface area is 196 Å². The van der Waals surface area contributed by atoms with E-state index in [2.05, 4.69) is 9.97 Å². The van der Waals surface area contributed by atoms with Crippen LogP contribution in [0.15, 0.2) is 42.7 Å². The summed E-state index contributed by atoms with van der Waals surface area (Å²) in [4.78, 5) is 23.2. The van der Waals surface area contributed by atoms with Gasteiger partial charge in [0.2, 0.25) is 0 Å². The first-order valence-electron chi connectivity index (χ1n) is 10.4. The fourth-order valence-electron chi connectivity index (χ4n) is 3.68. The van der Waals surface area contributed by atoms with E-state index in [1.54, 1.807) is 38.2 Å². The number of halogens is 4. The summed E-state index contributed by atoms with van der Waals surface area (Å²) in [5.74, 6) is 0.00349. The zero-order chi connectivity index (χ0) is 24.6. The highest BCUT2D eigenvalue weighted by Crippen LogP contribution is 2.38. The second-order valence-electron chi connectivity index (χ2n) is 9.24. The molecule has 9 heteroatoms. The second kappa shape index (κ2) is 9.17. The Morgan fingerprint density at radius 2 is 1.67 bits per heavy atom. The van der Waals surface area contributed by atoms with Crippen LogP contribution in [-0.2, 0) is 12.7 Å². The van der Waals surface area contributed by atoms with Crippen molar-refractivity contribution in [3.05, 3.63) is 70.5 Å². The number of aryl methyl sites for hydroxylation is 1. The molecule has 0 aliphatic heterocycles. The average molecular weight is 479 g/mol. The lowest BCUT2D eigenvalue weighted by atomic mass is 9.96. The summed E-state index contributed by atoms with van der Waals surface area (Å²) in [7, 11) is 1.60. The zero-order valence-corrected chi connectivity index (χ0v) is 19.9. The van der Waals surface area contributed by atoms with Crippen molar-refractivity contribution in [2.24, 2.45) is 5.41 Å². The Hall–Kier alpha value is -2.87. The van der Waals surface area contributed by atoms with Crippen LogP contribution in [0.4, 0.5) is 13.2 Å². The van der Waals surface area contributed by atoms with Crippen LogP contribution in [0.5, 0.6) is 0 Å². The van der Waals surface area contributed by atoms with Gasteiger partial charge in [0.25, 0.3) is 5.91 Å². The van der Waals surface area contributed by atoms with E-state index in [9.17, 15) is 18.0 Å². The molecule has 2 aromatic heterocycles. The molecule has 0 fully saturated rings. The van der Waals surface area contributed by atoms with Crippen LogP contribution in [0.2, 0.25) is 5.02 Å². The van der Waals surface area contributed by atoms with Gasteiger partial charge in [-0.05, 0) is 36.1 Å². The summed E-state index contributed by atoms with van der Waals surface area (Å²) in [6, 6.07) is 7.41. The van der Waals surface area contributed by atoms with Gasteiger partial charge in [-0.15, -0.1) is 0 Å². The molecule has 0 atom stereocenters. The molecule has 1 amide bonds.